The fourth-order valence-corrected chi connectivity index (χ4v) is 2.47. The first kappa shape index (κ1) is 11.2. The molecular formula is C10H23NOSi. The molecule has 0 aromatic carbocycles. The smallest absolute Gasteiger partial charge is 0.0726 e. The molecule has 1 aliphatic rings. The summed E-state index contributed by atoms with van der Waals surface area (Å²) in [5, 5.41) is 3.68. The highest BCUT2D eigenvalue weighted by molar-refractivity contribution is 6.76. The molecule has 3 heteroatoms. The number of hydrogen-bond donors (Lipinski definition) is 1. The standard InChI is InChI=1S/C10H23NOSi/c1-9-10(2,6-7-12-9)11-8-13(3,4)5/h9,11H,6-8H2,1-5H3. The molecule has 0 spiro atoms. The minimum Gasteiger partial charge on any atom is -0.377 e. The summed E-state index contributed by atoms with van der Waals surface area (Å²) in [4.78, 5) is 0. The molecule has 0 aromatic heterocycles. The Balaban J connectivity index is 2.43. The SMILES string of the molecule is CC1OCCC1(C)NC[Si](C)(C)C. The van der Waals surface area contributed by atoms with Crippen LogP contribution in [0.15, 0.2) is 0 Å². The van der Waals surface area contributed by atoms with Crippen molar-refractivity contribution in [2.75, 3.05) is 12.8 Å². The fourth-order valence-electron chi connectivity index (χ4n) is 1.53. The molecule has 0 radical (unpaired) electrons. The van der Waals surface area contributed by atoms with Gasteiger partial charge in [-0.1, -0.05) is 19.6 Å². The van der Waals surface area contributed by atoms with E-state index in [4.69, 9.17) is 4.74 Å². The van der Waals surface area contributed by atoms with Gasteiger partial charge in [-0.15, -0.1) is 0 Å². The van der Waals surface area contributed by atoms with Gasteiger partial charge >= 0.3 is 0 Å². The summed E-state index contributed by atoms with van der Waals surface area (Å²) in [5.74, 6) is 0. The van der Waals surface area contributed by atoms with Crippen molar-refractivity contribution in [2.24, 2.45) is 0 Å². The van der Waals surface area contributed by atoms with Crippen LogP contribution >= 0.6 is 0 Å². The highest BCUT2D eigenvalue weighted by atomic mass is 28.3. The van der Waals surface area contributed by atoms with Gasteiger partial charge in [0, 0.05) is 12.1 Å². The van der Waals surface area contributed by atoms with Crippen LogP contribution in [0.4, 0.5) is 0 Å². The zero-order valence-corrected chi connectivity index (χ0v) is 10.6. The summed E-state index contributed by atoms with van der Waals surface area (Å²) in [5.41, 5.74) is 0.222. The maximum atomic E-state index is 5.59. The second-order valence-electron chi connectivity index (χ2n) is 5.59. The van der Waals surface area contributed by atoms with Gasteiger partial charge < -0.3 is 10.1 Å². The first-order chi connectivity index (χ1) is 5.83. The minimum atomic E-state index is -0.968. The Kier molecular flexibility index (Phi) is 3.20. The Morgan fingerprint density at radius 2 is 2.08 bits per heavy atom. The molecule has 1 N–H and O–H groups in total. The van der Waals surface area contributed by atoms with Crippen molar-refractivity contribution in [3.8, 4) is 0 Å². The number of rotatable bonds is 3. The van der Waals surface area contributed by atoms with E-state index in [1.807, 2.05) is 0 Å². The fraction of sp³-hybridized carbons (Fsp3) is 1.00. The quantitative estimate of drug-likeness (QED) is 0.705. The lowest BCUT2D eigenvalue weighted by atomic mass is 9.95. The van der Waals surface area contributed by atoms with Gasteiger partial charge in [-0.25, -0.2) is 0 Å². The first-order valence-corrected chi connectivity index (χ1v) is 8.91. The van der Waals surface area contributed by atoms with E-state index in [1.54, 1.807) is 0 Å². The Bertz CT molecular complexity index is 178. The van der Waals surface area contributed by atoms with Gasteiger partial charge in [0.15, 0.2) is 0 Å². The Labute approximate surface area is 83.1 Å². The van der Waals surface area contributed by atoms with Crippen LogP contribution in [-0.2, 0) is 4.74 Å². The Morgan fingerprint density at radius 3 is 2.46 bits per heavy atom. The lowest BCUT2D eigenvalue weighted by Gasteiger charge is -2.32. The number of ether oxygens (including phenoxy) is 1. The molecule has 1 fully saturated rings. The molecule has 1 heterocycles. The molecule has 0 aliphatic carbocycles. The van der Waals surface area contributed by atoms with E-state index in [0.29, 0.717) is 6.10 Å². The van der Waals surface area contributed by atoms with E-state index in [2.05, 4.69) is 38.8 Å². The highest BCUT2D eigenvalue weighted by Crippen LogP contribution is 2.25. The second-order valence-corrected chi connectivity index (χ2v) is 11.1. The van der Waals surface area contributed by atoms with Crippen LogP contribution in [0.3, 0.4) is 0 Å². The largest absolute Gasteiger partial charge is 0.377 e. The van der Waals surface area contributed by atoms with E-state index < -0.39 is 8.07 Å². The van der Waals surface area contributed by atoms with Crippen LogP contribution in [0.2, 0.25) is 19.6 Å². The van der Waals surface area contributed by atoms with E-state index >= 15 is 0 Å². The molecule has 0 amide bonds. The van der Waals surface area contributed by atoms with Gasteiger partial charge in [0.05, 0.1) is 14.2 Å². The van der Waals surface area contributed by atoms with Crippen molar-refractivity contribution in [1.82, 2.24) is 5.32 Å². The van der Waals surface area contributed by atoms with Crippen LogP contribution < -0.4 is 5.32 Å². The molecule has 2 atom stereocenters. The number of hydrogen-bond acceptors (Lipinski definition) is 2. The third-order valence-electron chi connectivity index (χ3n) is 2.91. The second kappa shape index (κ2) is 3.71. The van der Waals surface area contributed by atoms with Crippen molar-refractivity contribution >= 4 is 8.07 Å². The maximum absolute atomic E-state index is 5.59. The molecule has 1 rings (SSSR count). The first-order valence-electron chi connectivity index (χ1n) is 5.20. The average Bonchev–Trinajstić information content (AvgIpc) is 2.29. The molecule has 2 nitrogen and oxygen atoms in total. The molecule has 2 unspecified atom stereocenters. The zero-order valence-electron chi connectivity index (χ0n) is 9.61. The van der Waals surface area contributed by atoms with Gasteiger partial charge in [0.25, 0.3) is 0 Å². The summed E-state index contributed by atoms with van der Waals surface area (Å²) in [7, 11) is -0.968. The summed E-state index contributed by atoms with van der Waals surface area (Å²) in [6.45, 7) is 12.5. The summed E-state index contributed by atoms with van der Waals surface area (Å²) in [6, 6.07) is 0. The van der Waals surface area contributed by atoms with Gasteiger partial charge in [-0.2, -0.15) is 0 Å². The van der Waals surface area contributed by atoms with Crippen molar-refractivity contribution in [2.45, 2.75) is 51.6 Å². The van der Waals surface area contributed by atoms with Crippen LogP contribution in [0.1, 0.15) is 20.3 Å². The van der Waals surface area contributed by atoms with Crippen molar-refractivity contribution < 1.29 is 4.74 Å². The third-order valence-corrected chi connectivity index (χ3v) is 4.15. The summed E-state index contributed by atoms with van der Waals surface area (Å²) >= 11 is 0. The molecule has 0 aromatic rings. The molecule has 78 valence electrons. The van der Waals surface area contributed by atoms with Gasteiger partial charge in [0.1, 0.15) is 0 Å². The third kappa shape index (κ3) is 3.08. The minimum absolute atomic E-state index is 0.222. The predicted octanol–water partition coefficient (Wildman–Crippen LogP) is 2.02. The molecule has 0 saturated carbocycles. The number of nitrogens with one attached hydrogen (secondary N) is 1. The molecule has 1 saturated heterocycles. The summed E-state index contributed by atoms with van der Waals surface area (Å²) < 4.78 is 5.59. The Morgan fingerprint density at radius 1 is 1.46 bits per heavy atom. The lowest BCUT2D eigenvalue weighted by Crippen LogP contribution is -2.53. The topological polar surface area (TPSA) is 21.3 Å². The molecule has 1 aliphatic heterocycles. The molecule has 13 heavy (non-hydrogen) atoms. The van der Waals surface area contributed by atoms with E-state index in [-0.39, 0.29) is 5.54 Å². The van der Waals surface area contributed by atoms with Crippen LogP contribution in [0.25, 0.3) is 0 Å². The van der Waals surface area contributed by atoms with Crippen molar-refractivity contribution in [3.05, 3.63) is 0 Å². The van der Waals surface area contributed by atoms with Crippen molar-refractivity contribution in [3.63, 3.8) is 0 Å². The zero-order chi connectivity index (χ0) is 10.1. The monoisotopic (exact) mass is 201 g/mol. The normalized spacial score (nSPS) is 35.3. The molecule has 0 bridgehead atoms. The van der Waals surface area contributed by atoms with Crippen LogP contribution in [0, 0.1) is 0 Å². The van der Waals surface area contributed by atoms with Gasteiger partial charge in [-0.05, 0) is 26.4 Å². The van der Waals surface area contributed by atoms with Crippen molar-refractivity contribution in [1.29, 1.82) is 0 Å². The van der Waals surface area contributed by atoms with E-state index in [1.165, 1.54) is 6.17 Å². The predicted molar refractivity (Wildman–Crippen MR) is 59.8 cm³/mol. The highest BCUT2D eigenvalue weighted by Gasteiger charge is 2.37. The van der Waals surface area contributed by atoms with Crippen LogP contribution in [0.5, 0.6) is 0 Å². The average molecular weight is 201 g/mol. The lowest BCUT2D eigenvalue weighted by molar-refractivity contribution is 0.0904. The van der Waals surface area contributed by atoms with Crippen LogP contribution in [-0.4, -0.2) is 32.5 Å². The molecular weight excluding hydrogens is 178 g/mol. The van der Waals surface area contributed by atoms with E-state index in [0.717, 1.165) is 13.0 Å². The van der Waals surface area contributed by atoms with Gasteiger partial charge in [-0.3, -0.25) is 0 Å². The van der Waals surface area contributed by atoms with E-state index in [9.17, 15) is 0 Å². The summed E-state index contributed by atoms with van der Waals surface area (Å²) in [6.07, 6.45) is 2.71. The maximum Gasteiger partial charge on any atom is 0.0726 e. The van der Waals surface area contributed by atoms with Gasteiger partial charge in [0.2, 0.25) is 0 Å². The Hall–Kier alpha value is 0.137.